The minimum atomic E-state index is 0.0160. The zero-order valence-corrected chi connectivity index (χ0v) is 16.2. The van der Waals surface area contributed by atoms with Gasteiger partial charge in [-0.2, -0.15) is 0 Å². The van der Waals surface area contributed by atoms with Crippen LogP contribution in [-0.2, 0) is 30.7 Å². The number of ether oxygens (including phenoxy) is 1. The smallest absolute Gasteiger partial charge is 0.262 e. The average Bonchev–Trinajstić information content (AvgIpc) is 3.06. The topological polar surface area (TPSA) is 64.4 Å². The highest BCUT2D eigenvalue weighted by Gasteiger charge is 2.24. The Morgan fingerprint density at radius 1 is 1.30 bits per heavy atom. The van der Waals surface area contributed by atoms with Crippen molar-refractivity contribution in [2.24, 2.45) is 0 Å². The standard InChI is InChI=1S/C20H21N3O3S/c1-13(24)22-10-8-16-17(11-22)27-19-18(16)20(25)23(12-21-19)9-7-14-3-5-15(26-2)6-4-14/h3-6,12H,7-11H2,1-2H3. The number of aryl methyl sites for hydroxylation is 2. The fourth-order valence-corrected chi connectivity index (χ4v) is 4.68. The van der Waals surface area contributed by atoms with Crippen molar-refractivity contribution < 1.29 is 9.53 Å². The largest absolute Gasteiger partial charge is 0.497 e. The summed E-state index contributed by atoms with van der Waals surface area (Å²) < 4.78 is 6.87. The second kappa shape index (κ2) is 7.15. The maximum absolute atomic E-state index is 13.0. The van der Waals surface area contributed by atoms with Crippen LogP contribution in [0.15, 0.2) is 35.4 Å². The number of fused-ring (bicyclic) bond motifs is 3. The molecule has 0 unspecified atom stereocenters. The van der Waals surface area contributed by atoms with Gasteiger partial charge in [-0.3, -0.25) is 14.2 Å². The van der Waals surface area contributed by atoms with Gasteiger partial charge < -0.3 is 9.64 Å². The normalized spacial score (nSPS) is 13.6. The van der Waals surface area contributed by atoms with Gasteiger partial charge in [0.1, 0.15) is 10.6 Å². The molecule has 3 heterocycles. The fourth-order valence-electron chi connectivity index (χ4n) is 3.49. The second-order valence-corrected chi connectivity index (χ2v) is 7.80. The maximum Gasteiger partial charge on any atom is 0.262 e. The van der Waals surface area contributed by atoms with Crippen molar-refractivity contribution in [2.75, 3.05) is 13.7 Å². The number of benzene rings is 1. The molecule has 0 aliphatic carbocycles. The molecule has 0 saturated carbocycles. The number of carbonyl (C=O) groups excluding carboxylic acids is 1. The van der Waals surface area contributed by atoms with E-state index in [1.807, 2.05) is 29.2 Å². The molecule has 0 spiro atoms. The lowest BCUT2D eigenvalue weighted by atomic mass is 10.1. The monoisotopic (exact) mass is 383 g/mol. The molecule has 0 fully saturated rings. The molecule has 1 amide bonds. The Balaban J connectivity index is 1.60. The van der Waals surface area contributed by atoms with Gasteiger partial charge in [-0.05, 0) is 36.1 Å². The van der Waals surface area contributed by atoms with E-state index in [9.17, 15) is 9.59 Å². The molecule has 0 bridgehead atoms. The number of hydrogen-bond acceptors (Lipinski definition) is 5. The molecule has 7 heteroatoms. The fraction of sp³-hybridized carbons (Fsp3) is 0.350. The molecular weight excluding hydrogens is 362 g/mol. The summed E-state index contributed by atoms with van der Waals surface area (Å²) in [5, 5.41) is 0.732. The van der Waals surface area contributed by atoms with Crippen LogP contribution >= 0.6 is 11.3 Å². The molecule has 6 nitrogen and oxygen atoms in total. The highest BCUT2D eigenvalue weighted by molar-refractivity contribution is 7.18. The molecule has 1 aliphatic rings. The summed E-state index contributed by atoms with van der Waals surface area (Å²) >= 11 is 1.53. The van der Waals surface area contributed by atoms with Crippen molar-refractivity contribution in [1.29, 1.82) is 0 Å². The summed E-state index contributed by atoms with van der Waals surface area (Å²) in [5.41, 5.74) is 2.23. The van der Waals surface area contributed by atoms with Crippen LogP contribution in [0.5, 0.6) is 5.75 Å². The van der Waals surface area contributed by atoms with Gasteiger partial charge in [-0.15, -0.1) is 11.3 Å². The minimum absolute atomic E-state index is 0.0160. The van der Waals surface area contributed by atoms with E-state index < -0.39 is 0 Å². The number of amides is 1. The molecule has 27 heavy (non-hydrogen) atoms. The molecule has 1 aliphatic heterocycles. The maximum atomic E-state index is 13.0. The Morgan fingerprint density at radius 3 is 2.78 bits per heavy atom. The van der Waals surface area contributed by atoms with E-state index in [2.05, 4.69) is 4.98 Å². The summed E-state index contributed by atoms with van der Waals surface area (Å²) in [6.45, 7) is 3.41. The van der Waals surface area contributed by atoms with Gasteiger partial charge in [-0.25, -0.2) is 4.98 Å². The summed E-state index contributed by atoms with van der Waals surface area (Å²) in [6.07, 6.45) is 3.11. The van der Waals surface area contributed by atoms with E-state index in [-0.39, 0.29) is 11.5 Å². The molecule has 0 saturated heterocycles. The third-order valence-corrected chi connectivity index (χ3v) is 6.20. The average molecular weight is 383 g/mol. The van der Waals surface area contributed by atoms with E-state index in [4.69, 9.17) is 4.74 Å². The van der Waals surface area contributed by atoms with E-state index in [0.29, 0.717) is 26.1 Å². The Kier molecular flexibility index (Phi) is 4.70. The van der Waals surface area contributed by atoms with Gasteiger partial charge >= 0.3 is 0 Å². The number of rotatable bonds is 4. The number of methoxy groups -OCH3 is 1. The van der Waals surface area contributed by atoms with Crippen LogP contribution < -0.4 is 10.3 Å². The van der Waals surface area contributed by atoms with Gasteiger partial charge in [0.2, 0.25) is 5.91 Å². The molecular formula is C20H21N3O3S. The first-order valence-electron chi connectivity index (χ1n) is 8.95. The first-order chi connectivity index (χ1) is 13.1. The molecule has 0 radical (unpaired) electrons. The van der Waals surface area contributed by atoms with E-state index in [0.717, 1.165) is 38.4 Å². The Morgan fingerprint density at radius 2 is 2.07 bits per heavy atom. The molecule has 1 aromatic carbocycles. The van der Waals surface area contributed by atoms with E-state index in [1.54, 1.807) is 24.9 Å². The molecule has 4 rings (SSSR count). The minimum Gasteiger partial charge on any atom is -0.497 e. The predicted molar refractivity (Wildman–Crippen MR) is 105 cm³/mol. The van der Waals surface area contributed by atoms with Gasteiger partial charge in [0.25, 0.3) is 5.56 Å². The van der Waals surface area contributed by atoms with Gasteiger partial charge in [0.15, 0.2) is 0 Å². The van der Waals surface area contributed by atoms with E-state index in [1.165, 1.54) is 11.3 Å². The summed E-state index contributed by atoms with van der Waals surface area (Å²) in [7, 11) is 1.65. The van der Waals surface area contributed by atoms with Gasteiger partial charge in [0.05, 0.1) is 25.4 Å². The van der Waals surface area contributed by atoms with Crippen molar-refractivity contribution in [2.45, 2.75) is 32.9 Å². The van der Waals surface area contributed by atoms with Crippen LogP contribution in [-0.4, -0.2) is 34.0 Å². The highest BCUT2D eigenvalue weighted by Crippen LogP contribution is 2.32. The molecule has 2 aromatic heterocycles. The zero-order valence-electron chi connectivity index (χ0n) is 15.4. The number of nitrogens with zero attached hydrogens (tertiary/aromatic N) is 3. The van der Waals surface area contributed by atoms with Crippen molar-refractivity contribution in [3.8, 4) is 5.75 Å². The first-order valence-corrected chi connectivity index (χ1v) is 9.76. The van der Waals surface area contributed by atoms with Crippen LogP contribution in [0.4, 0.5) is 0 Å². The summed E-state index contributed by atoms with van der Waals surface area (Å²) in [5.74, 6) is 0.895. The third-order valence-electron chi connectivity index (χ3n) is 5.07. The Hall–Kier alpha value is -2.67. The highest BCUT2D eigenvalue weighted by atomic mass is 32.1. The number of aromatic nitrogens is 2. The van der Waals surface area contributed by atoms with Crippen molar-refractivity contribution in [3.63, 3.8) is 0 Å². The van der Waals surface area contributed by atoms with Gasteiger partial charge in [0, 0.05) is 24.9 Å². The Labute approximate surface area is 161 Å². The summed E-state index contributed by atoms with van der Waals surface area (Å²) in [6, 6.07) is 7.88. The van der Waals surface area contributed by atoms with E-state index >= 15 is 0 Å². The zero-order chi connectivity index (χ0) is 19.0. The molecule has 0 atom stereocenters. The Bertz CT molecular complexity index is 1050. The molecule has 140 valence electrons. The second-order valence-electron chi connectivity index (χ2n) is 6.72. The quantitative estimate of drug-likeness (QED) is 0.695. The number of carbonyl (C=O) groups is 1. The van der Waals surface area contributed by atoms with Crippen LogP contribution in [0.2, 0.25) is 0 Å². The lowest BCUT2D eigenvalue weighted by Gasteiger charge is -2.25. The summed E-state index contributed by atoms with van der Waals surface area (Å²) in [4.78, 5) is 32.9. The molecule has 0 N–H and O–H groups in total. The van der Waals surface area contributed by atoms with Gasteiger partial charge in [-0.1, -0.05) is 12.1 Å². The number of thiophene rings is 1. The van der Waals surface area contributed by atoms with Crippen LogP contribution in [0, 0.1) is 0 Å². The van der Waals surface area contributed by atoms with Crippen LogP contribution in [0.3, 0.4) is 0 Å². The van der Waals surface area contributed by atoms with Crippen molar-refractivity contribution in [1.82, 2.24) is 14.5 Å². The van der Waals surface area contributed by atoms with Crippen molar-refractivity contribution >= 4 is 27.5 Å². The molecule has 3 aromatic rings. The SMILES string of the molecule is COc1ccc(CCn2cnc3sc4c(c3c2=O)CCN(C(C)=O)C4)cc1. The van der Waals surface area contributed by atoms with Crippen molar-refractivity contribution in [3.05, 3.63) is 57.0 Å². The third kappa shape index (κ3) is 3.35. The predicted octanol–water partition coefficient (Wildman–Crippen LogP) is 2.61. The van der Waals surface area contributed by atoms with Crippen LogP contribution in [0.25, 0.3) is 10.2 Å². The van der Waals surface area contributed by atoms with Crippen LogP contribution in [0.1, 0.15) is 22.9 Å². The number of hydrogen-bond donors (Lipinski definition) is 0. The lowest BCUT2D eigenvalue weighted by Crippen LogP contribution is -2.34. The lowest BCUT2D eigenvalue weighted by molar-refractivity contribution is -0.129. The first kappa shape index (κ1) is 17.7.